The first-order valence-corrected chi connectivity index (χ1v) is 22.2. The standard InChI is InChI=1S/C12H14N4O4S2.C12H21N2O3PS.C9H8Cl3NO2S/c1-19-11(17)15-9(21)13-7-5-3-4-6-8(7)14-10(22)16-12(18)20-2;1-6-15-18(19,16-7-2)17-11-8-10(5)13-12(14-11)9(3)4;10-9(11,12)16-13-7(14)5-3-1-2-4-6(5)8(13)15/h3-6H,1-2H3,(H2,13,15,17,21)(H2,14,16,18,22);8-9H,6-7H2,1-5H3;1-2,5-6H,3-4H2. The largest absolute Gasteiger partial charge is 0.453 e. The second kappa shape index (κ2) is 24.2. The third-order valence-corrected chi connectivity index (χ3v) is 11.2. The molecule has 4 rings (SSSR count). The number of aromatic nitrogens is 2. The van der Waals surface area contributed by atoms with Crippen LogP contribution in [0.15, 0.2) is 42.5 Å². The molecule has 2 heterocycles. The summed E-state index contributed by atoms with van der Waals surface area (Å²) in [5.41, 5.74) is 1.92. The number of hydrogen-bond donors (Lipinski definition) is 4. The number of nitrogens with one attached hydrogen (secondary N) is 4. The molecule has 2 atom stereocenters. The van der Waals surface area contributed by atoms with Gasteiger partial charge in [0, 0.05) is 41.4 Å². The molecule has 1 aromatic heterocycles. The first kappa shape index (κ1) is 50.2. The molecule has 0 saturated carbocycles. The number of amides is 4. The Hall–Kier alpha value is -2.91. The van der Waals surface area contributed by atoms with Crippen molar-refractivity contribution in [1.29, 1.82) is 0 Å². The van der Waals surface area contributed by atoms with Crippen LogP contribution in [-0.2, 0) is 39.9 Å². The molecule has 0 spiro atoms. The molecule has 2 aromatic rings. The van der Waals surface area contributed by atoms with Crippen molar-refractivity contribution in [2.24, 2.45) is 11.8 Å². The number of carbonyl (C=O) groups excluding carboxylic acids is 4. The number of methoxy groups -OCH3 is 2. The van der Waals surface area contributed by atoms with Crippen molar-refractivity contribution in [1.82, 2.24) is 24.9 Å². The molecule has 314 valence electrons. The average Bonchev–Trinajstić information content (AvgIpc) is 3.36. The van der Waals surface area contributed by atoms with Gasteiger partial charge in [-0.15, -0.1) is 0 Å². The summed E-state index contributed by atoms with van der Waals surface area (Å²) in [5.74, 6) is 0.298. The number of aryl methyl sites for hydroxylation is 1. The molecule has 4 N–H and O–H groups in total. The van der Waals surface area contributed by atoms with Gasteiger partial charge in [0.25, 0.3) is 3.12 Å². The fourth-order valence-corrected chi connectivity index (χ4v) is 8.31. The third kappa shape index (κ3) is 17.5. The summed E-state index contributed by atoms with van der Waals surface area (Å²) in [4.78, 5) is 54.7. The maximum atomic E-state index is 11.9. The molecule has 1 aliphatic heterocycles. The SMILES string of the molecule is CCOP(=S)(OCC)Oc1cc(C)nc(C(C)C)n1.COC(=O)NC(=S)Nc1ccccc1NC(=S)NC(=O)OC.O=C1C2CC=CCC2C(=O)N1SC(Cl)(Cl)Cl. The zero-order valence-electron chi connectivity index (χ0n) is 31.8. The highest BCUT2D eigenvalue weighted by Crippen LogP contribution is 2.49. The molecule has 1 fully saturated rings. The summed E-state index contributed by atoms with van der Waals surface area (Å²) in [6.45, 7) is 7.78. The maximum absolute atomic E-state index is 11.9. The Kier molecular flexibility index (Phi) is 21.4. The van der Waals surface area contributed by atoms with Crippen molar-refractivity contribution in [3.63, 3.8) is 0 Å². The van der Waals surface area contributed by atoms with Gasteiger partial charge < -0.3 is 24.6 Å². The Morgan fingerprint density at radius 2 is 1.37 bits per heavy atom. The molecule has 57 heavy (non-hydrogen) atoms. The molecule has 2 unspecified atom stereocenters. The van der Waals surface area contributed by atoms with E-state index in [4.69, 9.17) is 84.6 Å². The molecule has 0 bridgehead atoms. The molecular weight excluding hydrogens is 904 g/mol. The number of ether oxygens (including phenoxy) is 2. The van der Waals surface area contributed by atoms with Gasteiger partial charge in [0.05, 0.1) is 50.6 Å². The van der Waals surface area contributed by atoms with Crippen molar-refractivity contribution in [3.8, 4) is 5.88 Å². The molecule has 24 heteroatoms. The fraction of sp³-hybridized carbons (Fsp3) is 0.455. The van der Waals surface area contributed by atoms with Crippen molar-refractivity contribution in [3.05, 3.63) is 54.0 Å². The van der Waals surface area contributed by atoms with Gasteiger partial charge in [-0.25, -0.2) is 18.9 Å². The molecule has 16 nitrogen and oxygen atoms in total. The summed E-state index contributed by atoms with van der Waals surface area (Å²) in [7, 11) is 2.45. The number of benzene rings is 1. The van der Waals surface area contributed by atoms with E-state index in [9.17, 15) is 19.2 Å². The fourth-order valence-electron chi connectivity index (χ4n) is 4.65. The molecule has 2 aliphatic rings. The Balaban J connectivity index is 0.000000298. The van der Waals surface area contributed by atoms with Crippen LogP contribution in [0, 0.1) is 18.8 Å². The lowest BCUT2D eigenvalue weighted by Gasteiger charge is -2.20. The number of alkyl carbamates (subject to hydrolysis) is 2. The maximum Gasteiger partial charge on any atom is 0.413 e. The summed E-state index contributed by atoms with van der Waals surface area (Å²) in [5, 5.41) is 10.3. The second-order valence-electron chi connectivity index (χ2n) is 11.6. The first-order chi connectivity index (χ1) is 26.8. The average molecular weight is 947 g/mol. The number of thiocarbonyl (C=S) groups is 2. The van der Waals surface area contributed by atoms with Gasteiger partial charge in [0.2, 0.25) is 17.7 Å². The van der Waals surface area contributed by atoms with Crippen LogP contribution < -0.4 is 25.8 Å². The highest BCUT2D eigenvalue weighted by atomic mass is 35.6. The quantitative estimate of drug-likeness (QED) is 0.0444. The van der Waals surface area contributed by atoms with Crippen LogP contribution in [0.2, 0.25) is 0 Å². The number of carbonyl (C=O) groups is 4. The van der Waals surface area contributed by atoms with Crippen molar-refractivity contribution in [2.75, 3.05) is 38.1 Å². The van der Waals surface area contributed by atoms with Gasteiger partial charge in [0.1, 0.15) is 5.82 Å². The van der Waals surface area contributed by atoms with E-state index < -0.39 is 22.0 Å². The number of fused-ring (bicyclic) bond motifs is 1. The van der Waals surface area contributed by atoms with Crippen LogP contribution in [0.5, 0.6) is 5.88 Å². The number of alkyl halides is 3. The van der Waals surface area contributed by atoms with Crippen molar-refractivity contribution < 1.29 is 42.2 Å². The van der Waals surface area contributed by atoms with Crippen molar-refractivity contribution in [2.45, 2.75) is 56.5 Å². The van der Waals surface area contributed by atoms with E-state index >= 15 is 0 Å². The molecule has 1 aliphatic carbocycles. The minimum absolute atomic E-state index is 0.0490. The van der Waals surface area contributed by atoms with E-state index in [1.54, 1.807) is 30.3 Å². The van der Waals surface area contributed by atoms with Crippen LogP contribution in [0.25, 0.3) is 0 Å². The van der Waals surface area contributed by atoms with E-state index in [0.717, 1.165) is 15.8 Å². The molecular formula is C33H43Cl3N7O9PS4. The Bertz CT molecular complexity index is 1760. The number of anilines is 2. The summed E-state index contributed by atoms with van der Waals surface area (Å²) < 4.78 is 24.7. The normalized spacial score (nSPS) is 15.9. The minimum atomic E-state index is -2.77. The molecule has 0 radical (unpaired) electrons. The van der Waals surface area contributed by atoms with E-state index in [1.165, 1.54) is 14.2 Å². The number of halogens is 3. The second-order valence-corrected chi connectivity index (χ2v) is 19.5. The van der Waals surface area contributed by atoms with Crippen LogP contribution in [-0.4, -0.2) is 79.1 Å². The summed E-state index contributed by atoms with van der Waals surface area (Å²) >= 11 is 32.6. The number of imide groups is 1. The lowest BCUT2D eigenvalue weighted by atomic mass is 9.85. The van der Waals surface area contributed by atoms with Crippen LogP contribution in [0.3, 0.4) is 0 Å². The van der Waals surface area contributed by atoms with Gasteiger partial charge in [-0.3, -0.25) is 29.3 Å². The van der Waals surface area contributed by atoms with E-state index in [0.29, 0.717) is 55.3 Å². The number of para-hydroxylation sites is 2. The summed E-state index contributed by atoms with van der Waals surface area (Å²) in [6.07, 6.45) is 3.63. The van der Waals surface area contributed by atoms with Gasteiger partial charge in [-0.2, -0.15) is 4.98 Å². The predicted octanol–water partition coefficient (Wildman–Crippen LogP) is 8.29. The summed E-state index contributed by atoms with van der Waals surface area (Å²) in [6, 6.07) is 8.66. The van der Waals surface area contributed by atoms with Crippen LogP contribution >= 0.6 is 77.9 Å². The van der Waals surface area contributed by atoms with E-state index in [1.807, 2.05) is 46.8 Å². The van der Waals surface area contributed by atoms with Crippen LogP contribution in [0.4, 0.5) is 21.0 Å². The zero-order valence-corrected chi connectivity index (χ0v) is 38.3. The van der Waals surface area contributed by atoms with Gasteiger partial charge in [-0.1, -0.05) is 72.9 Å². The topological polar surface area (TPSA) is 192 Å². The van der Waals surface area contributed by atoms with Gasteiger partial charge in [-0.05, 0) is 70.2 Å². The predicted molar refractivity (Wildman–Crippen MR) is 234 cm³/mol. The van der Waals surface area contributed by atoms with E-state index in [2.05, 4.69) is 40.7 Å². The van der Waals surface area contributed by atoms with Gasteiger partial charge in [0.15, 0.2) is 10.2 Å². The van der Waals surface area contributed by atoms with Crippen molar-refractivity contribution >= 4 is 135 Å². The minimum Gasteiger partial charge on any atom is -0.453 e. The first-order valence-electron chi connectivity index (χ1n) is 16.9. The molecule has 1 aromatic carbocycles. The van der Waals surface area contributed by atoms with Gasteiger partial charge >= 0.3 is 18.9 Å². The smallest absolute Gasteiger partial charge is 0.413 e. The molecule has 1 saturated heterocycles. The molecule has 4 amide bonds. The Labute approximate surface area is 366 Å². The van der Waals surface area contributed by atoms with E-state index in [-0.39, 0.29) is 39.8 Å². The Morgan fingerprint density at radius 3 is 1.75 bits per heavy atom. The lowest BCUT2D eigenvalue weighted by Crippen LogP contribution is -2.35. The number of rotatable bonds is 10. The number of nitrogens with zero attached hydrogens (tertiary/aromatic N) is 3. The number of allylic oxidation sites excluding steroid dienone is 2. The van der Waals surface area contributed by atoms with Crippen LogP contribution in [0.1, 0.15) is 58.0 Å². The highest BCUT2D eigenvalue weighted by Gasteiger charge is 2.50. The monoisotopic (exact) mass is 945 g/mol. The Morgan fingerprint density at radius 1 is 0.912 bits per heavy atom. The highest BCUT2D eigenvalue weighted by molar-refractivity contribution is 8.07. The third-order valence-electron chi connectivity index (χ3n) is 7.03. The number of hydrogen-bond acceptors (Lipinski definition) is 15. The lowest BCUT2D eigenvalue weighted by molar-refractivity contribution is -0.133. The zero-order chi connectivity index (χ0) is 42.9.